The molecule has 2 amide bonds. The van der Waals surface area contributed by atoms with Gasteiger partial charge in [0.1, 0.15) is 6.61 Å². The highest BCUT2D eigenvalue weighted by Crippen LogP contribution is 2.35. The lowest BCUT2D eigenvalue weighted by atomic mass is 9.85. The van der Waals surface area contributed by atoms with Crippen molar-refractivity contribution in [3.63, 3.8) is 0 Å². The number of allylic oxidation sites excluding steroid dienone is 2. The number of amides is 2. The second-order valence-corrected chi connectivity index (χ2v) is 8.73. The number of ether oxygens (including phenoxy) is 2. The fourth-order valence-electron chi connectivity index (χ4n) is 4.97. The number of hydrogen-bond donors (Lipinski definition) is 0. The summed E-state index contributed by atoms with van der Waals surface area (Å²) < 4.78 is 13.9. The molecule has 3 aliphatic rings. The summed E-state index contributed by atoms with van der Waals surface area (Å²) in [6, 6.07) is 9.39. The van der Waals surface area contributed by atoms with Crippen molar-refractivity contribution < 1.29 is 23.9 Å². The summed E-state index contributed by atoms with van der Waals surface area (Å²) in [5, 5.41) is 0. The standard InChI is InChI=1S/C25H26N2O5/c1-15-11-20(21(28)13-27-24(29)18-7-3-4-8-19(18)25(27)30)16(2)26(15)12-17-14-31-22-9-5-6-10-23(22)32-17/h3-6,9-11,17-19H,7-8,12-14H2,1-2H3/t17-,18-,19+/m1/s1. The van der Waals surface area contributed by atoms with Crippen LogP contribution in [-0.2, 0) is 16.1 Å². The molecule has 0 spiro atoms. The molecular formula is C25H26N2O5. The van der Waals surface area contributed by atoms with E-state index >= 15 is 0 Å². The number of likely N-dealkylation sites (tertiary alicyclic amines) is 1. The Bertz CT molecular complexity index is 1110. The Hall–Kier alpha value is -3.35. The van der Waals surface area contributed by atoms with Crippen molar-refractivity contribution in [1.29, 1.82) is 0 Å². The molecule has 32 heavy (non-hydrogen) atoms. The van der Waals surface area contributed by atoms with Crippen LogP contribution in [0.2, 0.25) is 0 Å². The van der Waals surface area contributed by atoms with Gasteiger partial charge in [-0.2, -0.15) is 0 Å². The average molecular weight is 434 g/mol. The maximum Gasteiger partial charge on any atom is 0.233 e. The monoisotopic (exact) mass is 434 g/mol. The Morgan fingerprint density at radius 2 is 1.69 bits per heavy atom. The van der Waals surface area contributed by atoms with Gasteiger partial charge in [0.25, 0.3) is 0 Å². The van der Waals surface area contributed by atoms with Crippen molar-refractivity contribution in [2.75, 3.05) is 13.2 Å². The van der Waals surface area contributed by atoms with Crippen LogP contribution in [0.25, 0.3) is 0 Å². The van der Waals surface area contributed by atoms with E-state index in [1.165, 1.54) is 0 Å². The van der Waals surface area contributed by atoms with Crippen LogP contribution in [0, 0.1) is 25.7 Å². The maximum absolute atomic E-state index is 13.1. The number of para-hydroxylation sites is 2. The highest BCUT2D eigenvalue weighted by molar-refractivity contribution is 6.10. The number of aryl methyl sites for hydroxylation is 1. The number of nitrogens with zero attached hydrogens (tertiary/aromatic N) is 2. The number of carbonyl (C=O) groups excluding carboxylic acids is 3. The summed E-state index contributed by atoms with van der Waals surface area (Å²) in [4.78, 5) is 39.7. The van der Waals surface area contributed by atoms with Crippen molar-refractivity contribution in [3.05, 3.63) is 59.4 Å². The number of Topliss-reactive ketones (excluding diaryl/α,β-unsaturated/α-hetero) is 1. The zero-order valence-corrected chi connectivity index (χ0v) is 18.2. The van der Waals surface area contributed by atoms with E-state index in [2.05, 4.69) is 0 Å². The molecule has 0 bridgehead atoms. The highest BCUT2D eigenvalue weighted by atomic mass is 16.6. The number of rotatable bonds is 5. The predicted molar refractivity (Wildman–Crippen MR) is 117 cm³/mol. The first kappa shape index (κ1) is 20.5. The first-order valence-electron chi connectivity index (χ1n) is 11.0. The van der Waals surface area contributed by atoms with E-state index < -0.39 is 0 Å². The van der Waals surface area contributed by atoms with Crippen LogP contribution in [0.1, 0.15) is 34.6 Å². The number of ketones is 1. The number of benzene rings is 1. The minimum absolute atomic E-state index is 0.185. The predicted octanol–water partition coefficient (Wildman–Crippen LogP) is 3.08. The summed E-state index contributed by atoms with van der Waals surface area (Å²) in [5.41, 5.74) is 2.26. The summed E-state index contributed by atoms with van der Waals surface area (Å²) in [6.07, 6.45) is 4.85. The second kappa shape index (κ2) is 7.97. The Kier molecular flexibility index (Phi) is 5.12. The number of hydrogen-bond acceptors (Lipinski definition) is 5. The van der Waals surface area contributed by atoms with E-state index in [4.69, 9.17) is 9.47 Å². The molecule has 0 saturated carbocycles. The molecule has 2 aromatic rings. The SMILES string of the molecule is Cc1cc(C(=O)CN2C(=O)[C@H]3CC=CC[C@H]3C2=O)c(C)n1C[C@@H]1COc2ccccc2O1. The molecule has 166 valence electrons. The zero-order chi connectivity index (χ0) is 22.4. The van der Waals surface area contributed by atoms with Crippen LogP contribution < -0.4 is 9.47 Å². The van der Waals surface area contributed by atoms with Crippen molar-refractivity contribution in [3.8, 4) is 11.5 Å². The third-order valence-electron chi connectivity index (χ3n) is 6.73. The first-order valence-corrected chi connectivity index (χ1v) is 11.0. The van der Waals surface area contributed by atoms with E-state index in [0.29, 0.717) is 37.3 Å². The summed E-state index contributed by atoms with van der Waals surface area (Å²) in [5.74, 6) is 0.138. The number of fused-ring (bicyclic) bond motifs is 2. The molecule has 7 nitrogen and oxygen atoms in total. The molecule has 1 aromatic carbocycles. The highest BCUT2D eigenvalue weighted by Gasteiger charge is 2.47. The molecule has 3 atom stereocenters. The zero-order valence-electron chi connectivity index (χ0n) is 18.2. The van der Waals surface area contributed by atoms with E-state index in [-0.39, 0.29) is 42.1 Å². The molecule has 1 fully saturated rings. The van der Waals surface area contributed by atoms with Crippen LogP contribution in [0.5, 0.6) is 11.5 Å². The van der Waals surface area contributed by atoms with Crippen molar-refractivity contribution in [2.45, 2.75) is 39.3 Å². The molecule has 0 N–H and O–H groups in total. The molecule has 7 heteroatoms. The van der Waals surface area contributed by atoms with E-state index in [1.54, 1.807) is 0 Å². The van der Waals surface area contributed by atoms with Crippen LogP contribution in [-0.4, -0.2) is 46.3 Å². The summed E-state index contributed by atoms with van der Waals surface area (Å²) in [7, 11) is 0. The van der Waals surface area contributed by atoms with E-state index in [1.807, 2.05) is 60.9 Å². The molecule has 1 saturated heterocycles. The van der Waals surface area contributed by atoms with Gasteiger partial charge in [-0.05, 0) is 44.9 Å². The van der Waals surface area contributed by atoms with Crippen molar-refractivity contribution >= 4 is 17.6 Å². The van der Waals surface area contributed by atoms with Gasteiger partial charge in [-0.3, -0.25) is 19.3 Å². The average Bonchev–Trinajstić information content (AvgIpc) is 3.22. The molecule has 5 rings (SSSR count). The van der Waals surface area contributed by atoms with Crippen molar-refractivity contribution in [2.24, 2.45) is 11.8 Å². The van der Waals surface area contributed by atoms with E-state index in [0.717, 1.165) is 22.0 Å². The van der Waals surface area contributed by atoms with Gasteiger partial charge >= 0.3 is 0 Å². The smallest absolute Gasteiger partial charge is 0.233 e. The number of carbonyl (C=O) groups is 3. The largest absolute Gasteiger partial charge is 0.486 e. The minimum Gasteiger partial charge on any atom is -0.486 e. The fraction of sp³-hybridized carbons (Fsp3) is 0.400. The molecule has 0 radical (unpaired) electrons. The van der Waals surface area contributed by atoms with Crippen LogP contribution >= 0.6 is 0 Å². The van der Waals surface area contributed by atoms with Gasteiger partial charge in [0.15, 0.2) is 23.4 Å². The van der Waals surface area contributed by atoms with Gasteiger partial charge in [-0.1, -0.05) is 24.3 Å². The lowest BCUT2D eigenvalue weighted by molar-refractivity contribution is -0.139. The van der Waals surface area contributed by atoms with Gasteiger partial charge in [-0.25, -0.2) is 0 Å². The van der Waals surface area contributed by atoms with Crippen molar-refractivity contribution in [1.82, 2.24) is 9.47 Å². The Morgan fingerprint density at radius 3 is 2.38 bits per heavy atom. The quantitative estimate of drug-likeness (QED) is 0.411. The van der Waals surface area contributed by atoms with Gasteiger partial charge in [0, 0.05) is 17.0 Å². The normalized spacial score (nSPS) is 24.1. The van der Waals surface area contributed by atoms with Gasteiger partial charge < -0.3 is 14.0 Å². The maximum atomic E-state index is 13.1. The molecule has 0 unspecified atom stereocenters. The molecule has 1 aromatic heterocycles. The lowest BCUT2D eigenvalue weighted by Gasteiger charge is -2.27. The summed E-state index contributed by atoms with van der Waals surface area (Å²) >= 11 is 0. The Morgan fingerprint density at radius 1 is 1.03 bits per heavy atom. The fourth-order valence-corrected chi connectivity index (χ4v) is 4.97. The van der Waals surface area contributed by atoms with E-state index in [9.17, 15) is 14.4 Å². The number of imide groups is 1. The summed E-state index contributed by atoms with van der Waals surface area (Å²) in [6.45, 7) is 4.58. The molecule has 1 aliphatic carbocycles. The van der Waals surface area contributed by atoms with Gasteiger partial charge in [0.05, 0.1) is 24.9 Å². The Balaban J connectivity index is 1.30. The number of aromatic nitrogens is 1. The van der Waals surface area contributed by atoms with Crippen LogP contribution in [0.15, 0.2) is 42.5 Å². The third-order valence-corrected chi connectivity index (χ3v) is 6.73. The minimum atomic E-state index is -0.320. The third kappa shape index (κ3) is 3.42. The Labute approximate surface area is 186 Å². The topological polar surface area (TPSA) is 77.8 Å². The molecular weight excluding hydrogens is 408 g/mol. The van der Waals surface area contributed by atoms with Gasteiger partial charge in [-0.15, -0.1) is 0 Å². The van der Waals surface area contributed by atoms with Gasteiger partial charge in [0.2, 0.25) is 11.8 Å². The molecule has 3 heterocycles. The second-order valence-electron chi connectivity index (χ2n) is 8.73. The van der Waals surface area contributed by atoms with Crippen LogP contribution in [0.4, 0.5) is 0 Å². The lowest BCUT2D eigenvalue weighted by Crippen LogP contribution is -2.36. The molecule has 2 aliphatic heterocycles. The van der Waals surface area contributed by atoms with Crippen LogP contribution in [0.3, 0.4) is 0 Å². The first-order chi connectivity index (χ1) is 15.4.